The Hall–Kier alpha value is -2.76. The number of Topliss-reactive ketones (excluding diaryl/α,β-unsaturated/α-hetero) is 1. The van der Waals surface area contributed by atoms with Crippen molar-refractivity contribution in [2.24, 2.45) is 0 Å². The van der Waals surface area contributed by atoms with Crippen LogP contribution in [-0.4, -0.2) is 27.2 Å². The van der Waals surface area contributed by atoms with Gasteiger partial charge in [0.15, 0.2) is 5.78 Å². The molecule has 0 spiro atoms. The van der Waals surface area contributed by atoms with Crippen LogP contribution in [-0.2, 0) is 0 Å². The smallest absolute Gasteiger partial charge is 0.275 e. The maximum atomic E-state index is 12.1. The summed E-state index contributed by atoms with van der Waals surface area (Å²) < 4.78 is 0. The van der Waals surface area contributed by atoms with Crippen molar-refractivity contribution in [3.63, 3.8) is 0 Å². The maximum Gasteiger partial charge on any atom is 0.275 e. The van der Waals surface area contributed by atoms with E-state index in [0.29, 0.717) is 17.1 Å². The Labute approximate surface area is 135 Å². The molecule has 2 N–H and O–H groups in total. The van der Waals surface area contributed by atoms with E-state index in [4.69, 9.17) is 0 Å². The molecule has 0 saturated heterocycles. The van der Waals surface area contributed by atoms with Crippen LogP contribution in [0, 0.1) is 0 Å². The molecule has 0 aliphatic carbocycles. The van der Waals surface area contributed by atoms with E-state index in [1.165, 1.54) is 19.3 Å². The molecule has 2 aromatic rings. The van der Waals surface area contributed by atoms with Crippen LogP contribution in [0.15, 0.2) is 36.7 Å². The molecular formula is C17H20N4O2. The predicted molar refractivity (Wildman–Crippen MR) is 89.8 cm³/mol. The molecule has 0 bridgehead atoms. The van der Waals surface area contributed by atoms with Crippen molar-refractivity contribution in [1.82, 2.24) is 9.97 Å². The van der Waals surface area contributed by atoms with Crippen molar-refractivity contribution in [3.05, 3.63) is 47.9 Å². The van der Waals surface area contributed by atoms with E-state index >= 15 is 0 Å². The second-order valence-corrected chi connectivity index (χ2v) is 6.25. The maximum absolute atomic E-state index is 12.1. The molecule has 120 valence electrons. The number of nitrogens with one attached hydrogen (secondary N) is 2. The molecule has 0 fully saturated rings. The van der Waals surface area contributed by atoms with Gasteiger partial charge in [0.1, 0.15) is 11.5 Å². The van der Waals surface area contributed by atoms with Crippen LogP contribution in [0.3, 0.4) is 0 Å². The van der Waals surface area contributed by atoms with Gasteiger partial charge < -0.3 is 10.6 Å². The highest BCUT2D eigenvalue weighted by Gasteiger charge is 2.12. The molecule has 1 aromatic heterocycles. The van der Waals surface area contributed by atoms with E-state index in [0.717, 1.165) is 0 Å². The first-order valence-corrected chi connectivity index (χ1v) is 7.27. The van der Waals surface area contributed by atoms with E-state index in [-0.39, 0.29) is 22.9 Å². The molecular weight excluding hydrogens is 292 g/mol. The Kier molecular flexibility index (Phi) is 4.74. The van der Waals surface area contributed by atoms with Crippen molar-refractivity contribution < 1.29 is 9.59 Å². The Balaban J connectivity index is 2.04. The number of carbonyl (C=O) groups is 2. The summed E-state index contributed by atoms with van der Waals surface area (Å²) in [6, 6.07) is 6.69. The van der Waals surface area contributed by atoms with E-state index in [1.54, 1.807) is 24.3 Å². The fourth-order valence-electron chi connectivity index (χ4n) is 1.88. The number of ketones is 1. The summed E-state index contributed by atoms with van der Waals surface area (Å²) in [5.74, 6) is 0.242. The Morgan fingerprint density at radius 1 is 1.00 bits per heavy atom. The van der Waals surface area contributed by atoms with Gasteiger partial charge in [-0.05, 0) is 52.0 Å². The molecule has 2 rings (SSSR count). The van der Waals surface area contributed by atoms with Crippen molar-refractivity contribution in [2.75, 3.05) is 10.6 Å². The second-order valence-electron chi connectivity index (χ2n) is 6.25. The number of rotatable bonds is 4. The molecule has 0 radical (unpaired) electrons. The standard InChI is InChI=1S/C17H20N4O2/c1-11(22)12-5-7-13(8-6-12)20-16(23)14-9-19-15(10-18-14)21-17(2,3)4/h5-10H,1-4H3,(H,19,21)(H,20,23). The highest BCUT2D eigenvalue weighted by molar-refractivity contribution is 6.03. The monoisotopic (exact) mass is 312 g/mol. The first-order valence-electron chi connectivity index (χ1n) is 7.27. The Bertz CT molecular complexity index is 701. The van der Waals surface area contributed by atoms with Crippen LogP contribution >= 0.6 is 0 Å². The second kappa shape index (κ2) is 6.56. The molecule has 1 aromatic carbocycles. The number of nitrogens with zero attached hydrogens (tertiary/aromatic N) is 2. The lowest BCUT2D eigenvalue weighted by Crippen LogP contribution is -2.27. The Morgan fingerprint density at radius 3 is 2.13 bits per heavy atom. The first-order chi connectivity index (χ1) is 10.7. The van der Waals surface area contributed by atoms with E-state index in [9.17, 15) is 9.59 Å². The zero-order chi connectivity index (χ0) is 17.0. The minimum absolute atomic E-state index is 0.0179. The molecule has 23 heavy (non-hydrogen) atoms. The number of aromatic nitrogens is 2. The Morgan fingerprint density at radius 2 is 1.65 bits per heavy atom. The van der Waals surface area contributed by atoms with Gasteiger partial charge >= 0.3 is 0 Å². The van der Waals surface area contributed by atoms with Crippen molar-refractivity contribution >= 4 is 23.2 Å². The lowest BCUT2D eigenvalue weighted by molar-refractivity contribution is 0.101. The number of anilines is 2. The van der Waals surface area contributed by atoms with E-state index in [2.05, 4.69) is 20.6 Å². The van der Waals surface area contributed by atoms with Gasteiger partial charge in [-0.2, -0.15) is 0 Å². The number of hydrogen-bond donors (Lipinski definition) is 2. The van der Waals surface area contributed by atoms with Crippen molar-refractivity contribution in [3.8, 4) is 0 Å². The lowest BCUT2D eigenvalue weighted by atomic mass is 10.1. The molecule has 1 amide bonds. The predicted octanol–water partition coefficient (Wildman–Crippen LogP) is 3.14. The number of benzene rings is 1. The van der Waals surface area contributed by atoms with Gasteiger partial charge in [-0.3, -0.25) is 9.59 Å². The molecule has 0 aliphatic heterocycles. The van der Waals surface area contributed by atoms with E-state index in [1.807, 2.05) is 20.8 Å². The highest BCUT2D eigenvalue weighted by Crippen LogP contribution is 2.13. The van der Waals surface area contributed by atoms with Crippen LogP contribution < -0.4 is 10.6 Å². The van der Waals surface area contributed by atoms with Crippen LogP contribution in [0.2, 0.25) is 0 Å². The van der Waals surface area contributed by atoms with Gasteiger partial charge in [0, 0.05) is 16.8 Å². The summed E-state index contributed by atoms with van der Waals surface area (Å²) in [6.07, 6.45) is 2.95. The van der Waals surface area contributed by atoms with Gasteiger partial charge in [-0.15, -0.1) is 0 Å². The van der Waals surface area contributed by atoms with Crippen LogP contribution in [0.5, 0.6) is 0 Å². The summed E-state index contributed by atoms with van der Waals surface area (Å²) in [5, 5.41) is 5.90. The number of carbonyl (C=O) groups excluding carboxylic acids is 2. The molecule has 0 aliphatic rings. The largest absolute Gasteiger partial charge is 0.364 e. The third-order valence-corrected chi connectivity index (χ3v) is 2.94. The zero-order valence-corrected chi connectivity index (χ0v) is 13.7. The summed E-state index contributed by atoms with van der Waals surface area (Å²) in [7, 11) is 0. The minimum atomic E-state index is -0.351. The number of amides is 1. The van der Waals surface area contributed by atoms with E-state index < -0.39 is 0 Å². The van der Waals surface area contributed by atoms with Gasteiger partial charge in [-0.1, -0.05) is 0 Å². The third kappa shape index (κ3) is 4.88. The minimum Gasteiger partial charge on any atom is -0.364 e. The van der Waals surface area contributed by atoms with Crippen molar-refractivity contribution in [2.45, 2.75) is 33.2 Å². The van der Waals surface area contributed by atoms with Crippen LogP contribution in [0.1, 0.15) is 48.5 Å². The normalized spacial score (nSPS) is 11.0. The van der Waals surface area contributed by atoms with Crippen LogP contribution in [0.4, 0.5) is 11.5 Å². The topological polar surface area (TPSA) is 84.0 Å². The summed E-state index contributed by atoms with van der Waals surface area (Å²) in [6.45, 7) is 7.54. The van der Waals surface area contributed by atoms with Gasteiger partial charge in [-0.25, -0.2) is 9.97 Å². The average Bonchev–Trinajstić information content (AvgIpc) is 2.46. The van der Waals surface area contributed by atoms with Gasteiger partial charge in [0.05, 0.1) is 12.4 Å². The van der Waals surface area contributed by atoms with Crippen molar-refractivity contribution in [1.29, 1.82) is 0 Å². The highest BCUT2D eigenvalue weighted by atomic mass is 16.2. The molecule has 0 atom stereocenters. The molecule has 0 unspecified atom stereocenters. The zero-order valence-electron chi connectivity index (χ0n) is 13.7. The summed E-state index contributed by atoms with van der Waals surface area (Å²) >= 11 is 0. The molecule has 1 heterocycles. The molecule has 6 heteroatoms. The quantitative estimate of drug-likeness (QED) is 0.847. The first kappa shape index (κ1) is 16.6. The van der Waals surface area contributed by atoms with Crippen LogP contribution in [0.25, 0.3) is 0 Å². The fourth-order valence-corrected chi connectivity index (χ4v) is 1.88. The summed E-state index contributed by atoms with van der Waals surface area (Å²) in [4.78, 5) is 31.6. The molecule has 0 saturated carbocycles. The summed E-state index contributed by atoms with van der Waals surface area (Å²) in [5.41, 5.74) is 1.29. The van der Waals surface area contributed by atoms with Gasteiger partial charge in [0.25, 0.3) is 5.91 Å². The number of hydrogen-bond acceptors (Lipinski definition) is 5. The molecule has 6 nitrogen and oxygen atoms in total. The lowest BCUT2D eigenvalue weighted by Gasteiger charge is -2.20. The average molecular weight is 312 g/mol. The fraction of sp³-hybridized carbons (Fsp3) is 0.294. The van der Waals surface area contributed by atoms with Gasteiger partial charge in [0.2, 0.25) is 0 Å². The SMILES string of the molecule is CC(=O)c1ccc(NC(=O)c2cnc(NC(C)(C)C)cn2)cc1. The third-order valence-electron chi connectivity index (χ3n) is 2.94.